The summed E-state index contributed by atoms with van der Waals surface area (Å²) in [5.74, 6) is 1.32. The molecule has 1 saturated heterocycles. The third-order valence-corrected chi connectivity index (χ3v) is 7.39. The lowest BCUT2D eigenvalue weighted by molar-refractivity contribution is -0.135. The van der Waals surface area contributed by atoms with Crippen molar-refractivity contribution in [1.29, 1.82) is 0 Å². The first-order chi connectivity index (χ1) is 16.5. The second-order valence-electron chi connectivity index (χ2n) is 9.03. The fourth-order valence-corrected chi connectivity index (χ4v) is 5.40. The highest BCUT2D eigenvalue weighted by molar-refractivity contribution is 6.33. The molecule has 1 saturated carbocycles. The summed E-state index contributed by atoms with van der Waals surface area (Å²) in [6, 6.07) is 7.61. The third kappa shape index (κ3) is 4.62. The van der Waals surface area contributed by atoms with Gasteiger partial charge in [-0.3, -0.25) is 14.8 Å². The molecule has 2 fully saturated rings. The van der Waals surface area contributed by atoms with E-state index < -0.39 is 0 Å². The molecule has 0 spiro atoms. The van der Waals surface area contributed by atoms with Gasteiger partial charge in [0.2, 0.25) is 5.91 Å². The van der Waals surface area contributed by atoms with E-state index in [1.807, 2.05) is 42.3 Å². The van der Waals surface area contributed by atoms with E-state index in [0.29, 0.717) is 34.7 Å². The van der Waals surface area contributed by atoms with Crippen LogP contribution in [0.25, 0.3) is 22.5 Å². The Hall–Kier alpha value is -2.70. The van der Waals surface area contributed by atoms with Crippen LogP contribution in [0.5, 0.6) is 0 Å². The van der Waals surface area contributed by atoms with Gasteiger partial charge in [-0.15, -0.1) is 0 Å². The molecule has 0 radical (unpaired) electrons. The third-order valence-electron chi connectivity index (χ3n) is 6.85. The van der Waals surface area contributed by atoms with Crippen molar-refractivity contribution in [2.75, 3.05) is 31.1 Å². The lowest BCUT2D eigenvalue weighted by atomic mass is 10.0. The molecule has 5 rings (SSSR count). The van der Waals surface area contributed by atoms with Gasteiger partial charge in [0, 0.05) is 60.6 Å². The zero-order valence-corrected chi connectivity index (χ0v) is 20.7. The second kappa shape index (κ2) is 9.88. The Balaban J connectivity index is 1.45. The first kappa shape index (κ1) is 23.1. The van der Waals surface area contributed by atoms with Crippen molar-refractivity contribution in [3.8, 4) is 22.5 Å². The van der Waals surface area contributed by atoms with Gasteiger partial charge in [-0.25, -0.2) is 4.98 Å². The number of anilines is 1. The highest BCUT2D eigenvalue weighted by Gasteiger charge is 2.30. The van der Waals surface area contributed by atoms with Crippen molar-refractivity contribution in [3.63, 3.8) is 0 Å². The molecule has 176 valence electrons. The average molecular weight is 496 g/mol. The maximum atomic E-state index is 12.8. The summed E-state index contributed by atoms with van der Waals surface area (Å²) in [4.78, 5) is 31.0. The molecule has 0 bridgehead atoms. The molecule has 1 aliphatic carbocycles. The quantitative estimate of drug-likeness (QED) is 0.467. The largest absolute Gasteiger partial charge is 0.352 e. The maximum absolute atomic E-state index is 12.8. The van der Waals surface area contributed by atoms with Crippen molar-refractivity contribution in [2.24, 2.45) is 5.92 Å². The van der Waals surface area contributed by atoms with E-state index >= 15 is 0 Å². The summed E-state index contributed by atoms with van der Waals surface area (Å²) in [5, 5.41) is 1.20. The number of carbonyl (C=O) groups excluding carboxylic acids is 1. The van der Waals surface area contributed by atoms with Gasteiger partial charge >= 0.3 is 0 Å². The molecule has 0 atom stereocenters. The molecule has 3 heterocycles. The van der Waals surface area contributed by atoms with E-state index in [2.05, 4.69) is 9.88 Å². The van der Waals surface area contributed by atoms with E-state index in [4.69, 9.17) is 33.2 Å². The molecule has 2 aromatic heterocycles. The zero-order valence-electron chi connectivity index (χ0n) is 19.2. The molecule has 34 heavy (non-hydrogen) atoms. The number of aryl methyl sites for hydroxylation is 1. The number of pyridine rings is 1. The SMILES string of the molecule is Cc1cc(Cl)ccc1-c1ncc(N2CCN(C(=O)C3CCCC3)CC2)nc1-c1ccncc1Cl. The van der Waals surface area contributed by atoms with Crippen LogP contribution in [-0.4, -0.2) is 51.9 Å². The zero-order chi connectivity index (χ0) is 23.7. The number of halogens is 2. The van der Waals surface area contributed by atoms with E-state index in [-0.39, 0.29) is 5.92 Å². The molecule has 3 aromatic rings. The number of rotatable bonds is 4. The highest BCUT2D eigenvalue weighted by Crippen LogP contribution is 2.36. The first-order valence-electron chi connectivity index (χ1n) is 11.8. The topological polar surface area (TPSA) is 62.2 Å². The minimum absolute atomic E-state index is 0.216. The summed E-state index contributed by atoms with van der Waals surface area (Å²) >= 11 is 12.7. The first-order valence-corrected chi connectivity index (χ1v) is 12.5. The molecular formula is C26H27Cl2N5O. The number of hydrogen-bond acceptors (Lipinski definition) is 5. The minimum Gasteiger partial charge on any atom is -0.352 e. The molecule has 1 amide bonds. The van der Waals surface area contributed by atoms with Crippen LogP contribution in [0.1, 0.15) is 31.2 Å². The number of piperazine rings is 1. The Morgan fingerprint density at radius 1 is 0.971 bits per heavy atom. The molecule has 8 heteroatoms. The Morgan fingerprint density at radius 2 is 1.74 bits per heavy atom. The maximum Gasteiger partial charge on any atom is 0.225 e. The molecule has 1 aromatic carbocycles. The Bertz CT molecular complexity index is 1200. The van der Waals surface area contributed by atoms with Crippen LogP contribution in [0, 0.1) is 12.8 Å². The number of benzene rings is 1. The van der Waals surface area contributed by atoms with Gasteiger partial charge in [0.25, 0.3) is 0 Å². The minimum atomic E-state index is 0.216. The van der Waals surface area contributed by atoms with E-state index in [1.165, 1.54) is 12.8 Å². The number of nitrogens with zero attached hydrogens (tertiary/aromatic N) is 5. The summed E-state index contributed by atoms with van der Waals surface area (Å²) in [5.41, 5.74) is 4.21. The lowest BCUT2D eigenvalue weighted by Crippen LogP contribution is -2.50. The predicted molar refractivity (Wildman–Crippen MR) is 136 cm³/mol. The normalized spacial score (nSPS) is 16.8. The number of amides is 1. The molecule has 1 aliphatic heterocycles. The number of aromatic nitrogens is 3. The Labute approximate surface area is 209 Å². The van der Waals surface area contributed by atoms with Gasteiger partial charge in [0.05, 0.1) is 16.9 Å². The molecule has 0 unspecified atom stereocenters. The van der Waals surface area contributed by atoms with E-state index in [1.54, 1.807) is 12.4 Å². The Kier molecular flexibility index (Phi) is 6.70. The predicted octanol–water partition coefficient (Wildman–Crippen LogP) is 5.66. The van der Waals surface area contributed by atoms with Gasteiger partial charge in [0.15, 0.2) is 0 Å². The summed E-state index contributed by atoms with van der Waals surface area (Å²) < 4.78 is 0. The van der Waals surface area contributed by atoms with Crippen molar-refractivity contribution < 1.29 is 4.79 Å². The van der Waals surface area contributed by atoms with Crippen LogP contribution >= 0.6 is 23.2 Å². The van der Waals surface area contributed by atoms with Crippen LogP contribution in [0.4, 0.5) is 5.82 Å². The molecule has 0 N–H and O–H groups in total. The van der Waals surface area contributed by atoms with Gasteiger partial charge in [-0.05, 0) is 43.5 Å². The molecular weight excluding hydrogens is 469 g/mol. The standard InChI is InChI=1S/C26H27Cl2N5O/c1-17-14-19(27)6-7-20(17)24-25(21-8-9-29-15-22(21)28)31-23(16-30-24)32-10-12-33(13-11-32)26(34)18-4-2-3-5-18/h6-9,14-16,18H,2-5,10-13H2,1H3. The molecule has 6 nitrogen and oxygen atoms in total. The summed E-state index contributed by atoms with van der Waals surface area (Å²) in [6.45, 7) is 4.89. The van der Waals surface area contributed by atoms with Crippen LogP contribution < -0.4 is 4.90 Å². The van der Waals surface area contributed by atoms with Crippen LogP contribution in [0.2, 0.25) is 10.0 Å². The van der Waals surface area contributed by atoms with Crippen LogP contribution in [0.3, 0.4) is 0 Å². The van der Waals surface area contributed by atoms with Crippen molar-refractivity contribution in [3.05, 3.63) is 58.5 Å². The summed E-state index contributed by atoms with van der Waals surface area (Å²) in [6.07, 6.45) is 9.56. The van der Waals surface area contributed by atoms with Crippen LogP contribution in [0.15, 0.2) is 42.9 Å². The van der Waals surface area contributed by atoms with Crippen molar-refractivity contribution >= 4 is 34.9 Å². The van der Waals surface area contributed by atoms with Gasteiger partial charge in [-0.1, -0.05) is 42.1 Å². The van der Waals surface area contributed by atoms with E-state index in [0.717, 1.165) is 54.1 Å². The molecule has 2 aliphatic rings. The van der Waals surface area contributed by atoms with Gasteiger partial charge in [-0.2, -0.15) is 0 Å². The van der Waals surface area contributed by atoms with Gasteiger partial charge in [0.1, 0.15) is 11.5 Å². The lowest BCUT2D eigenvalue weighted by Gasteiger charge is -2.36. The van der Waals surface area contributed by atoms with Crippen molar-refractivity contribution in [1.82, 2.24) is 19.9 Å². The fraction of sp³-hybridized carbons (Fsp3) is 0.385. The Morgan fingerprint density at radius 3 is 2.44 bits per heavy atom. The van der Waals surface area contributed by atoms with E-state index in [9.17, 15) is 4.79 Å². The number of carbonyl (C=O) groups is 1. The average Bonchev–Trinajstić information content (AvgIpc) is 3.39. The van der Waals surface area contributed by atoms with Crippen LogP contribution in [-0.2, 0) is 4.79 Å². The smallest absolute Gasteiger partial charge is 0.225 e. The monoisotopic (exact) mass is 495 g/mol. The van der Waals surface area contributed by atoms with Crippen molar-refractivity contribution in [2.45, 2.75) is 32.6 Å². The number of hydrogen-bond donors (Lipinski definition) is 0. The fourth-order valence-electron chi connectivity index (χ4n) is 4.96. The second-order valence-corrected chi connectivity index (χ2v) is 9.88. The summed E-state index contributed by atoms with van der Waals surface area (Å²) in [7, 11) is 0. The highest BCUT2D eigenvalue weighted by atomic mass is 35.5. The van der Waals surface area contributed by atoms with Gasteiger partial charge < -0.3 is 9.80 Å².